The molecule has 0 fully saturated rings. The Hall–Kier alpha value is -3.08. The molecule has 0 unspecified atom stereocenters. The van der Waals surface area contributed by atoms with Crippen molar-refractivity contribution < 1.29 is 19.0 Å². The molecule has 0 bridgehead atoms. The van der Waals surface area contributed by atoms with Gasteiger partial charge in [-0.1, -0.05) is 29.8 Å². The Bertz CT molecular complexity index is 1210. The molecule has 2 aromatic carbocycles. The molecule has 0 radical (unpaired) electrons. The molecule has 0 spiro atoms. The summed E-state index contributed by atoms with van der Waals surface area (Å²) in [5, 5.41) is 15.1. The average Bonchev–Trinajstić information content (AvgIpc) is 2.86. The van der Waals surface area contributed by atoms with E-state index in [0.717, 1.165) is 34.7 Å². The molecule has 2 aromatic rings. The van der Waals surface area contributed by atoms with Gasteiger partial charge in [0.2, 0.25) is 5.75 Å². The Morgan fingerprint density at radius 3 is 2.44 bits per heavy atom. The van der Waals surface area contributed by atoms with E-state index in [9.17, 15) is 10.1 Å². The van der Waals surface area contributed by atoms with E-state index < -0.39 is 5.92 Å². The summed E-state index contributed by atoms with van der Waals surface area (Å²) >= 11 is 7.86. The van der Waals surface area contributed by atoms with Crippen LogP contribution >= 0.6 is 23.4 Å². The Labute approximate surface area is 208 Å². The van der Waals surface area contributed by atoms with E-state index >= 15 is 0 Å². The van der Waals surface area contributed by atoms with Gasteiger partial charge in [-0.3, -0.25) is 4.79 Å². The maximum Gasteiger partial charge on any atom is 0.203 e. The SMILES string of the molecule is COc1cc([C@H]2C(C#N)=C(SCc3ccccc3Cl)NC3=C2C(=O)CCC3)cc(OC)c1OC. The molecule has 1 aliphatic carbocycles. The standard InChI is InChI=1S/C26H25ClN2O4S/c1-31-21-11-16(12-22(32-2)25(21)33-3)23-17(13-28)26(29-19-9-6-10-20(30)24(19)23)34-14-15-7-4-5-8-18(15)27/h4-5,7-8,11-12,23,29H,6,9-10,14H2,1-3H3/t23-/m0/s1. The molecule has 1 atom stereocenters. The highest BCUT2D eigenvalue weighted by Gasteiger charge is 2.38. The lowest BCUT2D eigenvalue weighted by molar-refractivity contribution is -0.116. The third kappa shape index (κ3) is 4.48. The molecular formula is C26H25ClN2O4S. The van der Waals surface area contributed by atoms with Crippen LogP contribution in [0.15, 0.2) is 58.3 Å². The molecule has 1 N–H and O–H groups in total. The van der Waals surface area contributed by atoms with Crippen molar-refractivity contribution in [1.29, 1.82) is 5.26 Å². The first-order valence-corrected chi connectivity index (χ1v) is 12.2. The lowest BCUT2D eigenvalue weighted by atomic mass is 9.76. The lowest BCUT2D eigenvalue weighted by Gasteiger charge is -2.33. The smallest absolute Gasteiger partial charge is 0.203 e. The van der Waals surface area contributed by atoms with Crippen LogP contribution < -0.4 is 19.5 Å². The predicted molar refractivity (Wildman–Crippen MR) is 133 cm³/mol. The molecule has 6 nitrogen and oxygen atoms in total. The highest BCUT2D eigenvalue weighted by Crippen LogP contribution is 2.48. The summed E-state index contributed by atoms with van der Waals surface area (Å²) in [5.41, 5.74) is 3.71. The number of allylic oxidation sites excluding steroid dienone is 3. The average molecular weight is 497 g/mol. The number of hydrogen-bond donors (Lipinski definition) is 1. The Kier molecular flexibility index (Phi) is 7.40. The van der Waals surface area contributed by atoms with Crippen molar-refractivity contribution in [2.75, 3.05) is 21.3 Å². The number of ketones is 1. The second kappa shape index (κ2) is 10.5. The molecule has 0 saturated heterocycles. The number of nitriles is 1. The number of thioether (sulfide) groups is 1. The van der Waals surface area contributed by atoms with Crippen molar-refractivity contribution in [2.24, 2.45) is 0 Å². The molecule has 1 heterocycles. The van der Waals surface area contributed by atoms with Crippen LogP contribution in [0.25, 0.3) is 0 Å². The van der Waals surface area contributed by atoms with Crippen LogP contribution in [0.3, 0.4) is 0 Å². The van der Waals surface area contributed by atoms with Crippen LogP contribution in [-0.2, 0) is 10.5 Å². The molecule has 34 heavy (non-hydrogen) atoms. The summed E-state index contributed by atoms with van der Waals surface area (Å²) in [5.74, 6) is 1.52. The fourth-order valence-corrected chi connectivity index (χ4v) is 5.75. The topological polar surface area (TPSA) is 80.6 Å². The molecule has 0 saturated carbocycles. The first kappa shape index (κ1) is 24.1. The van der Waals surface area contributed by atoms with E-state index in [1.807, 2.05) is 36.4 Å². The van der Waals surface area contributed by atoms with Crippen LogP contribution in [0.2, 0.25) is 5.02 Å². The maximum atomic E-state index is 13.1. The first-order chi connectivity index (χ1) is 16.5. The number of nitrogens with one attached hydrogen (secondary N) is 1. The van der Waals surface area contributed by atoms with E-state index in [-0.39, 0.29) is 5.78 Å². The molecule has 8 heteroatoms. The highest BCUT2D eigenvalue weighted by atomic mass is 35.5. The summed E-state index contributed by atoms with van der Waals surface area (Å²) in [6, 6.07) is 13.7. The zero-order valence-electron chi connectivity index (χ0n) is 19.2. The highest BCUT2D eigenvalue weighted by molar-refractivity contribution is 8.02. The van der Waals surface area contributed by atoms with Crippen LogP contribution in [0.4, 0.5) is 0 Å². The molecular weight excluding hydrogens is 472 g/mol. The fraction of sp³-hybridized carbons (Fsp3) is 0.308. The lowest BCUT2D eigenvalue weighted by Crippen LogP contribution is -2.31. The molecule has 1 aliphatic heterocycles. The zero-order valence-corrected chi connectivity index (χ0v) is 20.8. The van der Waals surface area contributed by atoms with Gasteiger partial charge in [0.05, 0.1) is 43.9 Å². The van der Waals surface area contributed by atoms with Crippen LogP contribution in [0, 0.1) is 11.3 Å². The predicted octanol–water partition coefficient (Wildman–Crippen LogP) is 5.73. The van der Waals surface area contributed by atoms with Crippen LogP contribution in [-0.4, -0.2) is 27.1 Å². The van der Waals surface area contributed by atoms with Crippen molar-refractivity contribution in [1.82, 2.24) is 5.32 Å². The second-order valence-corrected chi connectivity index (χ2v) is 9.31. The van der Waals surface area contributed by atoms with Gasteiger partial charge in [-0.2, -0.15) is 5.26 Å². The summed E-state index contributed by atoms with van der Waals surface area (Å²) in [7, 11) is 4.64. The fourth-order valence-electron chi connectivity index (χ4n) is 4.40. The third-order valence-corrected chi connectivity index (χ3v) is 7.45. The summed E-state index contributed by atoms with van der Waals surface area (Å²) in [6.45, 7) is 0. The van der Waals surface area contributed by atoms with E-state index in [0.29, 0.717) is 45.6 Å². The number of carbonyl (C=O) groups is 1. The quantitative estimate of drug-likeness (QED) is 0.524. The van der Waals surface area contributed by atoms with E-state index in [1.54, 1.807) is 21.3 Å². The van der Waals surface area contributed by atoms with Gasteiger partial charge in [0, 0.05) is 28.5 Å². The minimum atomic E-state index is -0.531. The largest absolute Gasteiger partial charge is 0.493 e. The summed E-state index contributed by atoms with van der Waals surface area (Å²) < 4.78 is 16.6. The Morgan fingerprint density at radius 2 is 1.82 bits per heavy atom. The first-order valence-electron chi connectivity index (χ1n) is 10.9. The molecule has 0 amide bonds. The number of halogens is 1. The van der Waals surface area contributed by atoms with Crippen LogP contribution in [0.5, 0.6) is 17.2 Å². The molecule has 2 aliphatic rings. The molecule has 176 valence electrons. The van der Waals surface area contributed by atoms with Crippen molar-refractivity contribution in [2.45, 2.75) is 30.9 Å². The number of dihydropyridines is 1. The van der Waals surface area contributed by atoms with Gasteiger partial charge in [-0.15, -0.1) is 11.8 Å². The maximum absolute atomic E-state index is 13.1. The number of nitrogens with zero attached hydrogens (tertiary/aromatic N) is 1. The summed E-state index contributed by atoms with van der Waals surface area (Å²) in [4.78, 5) is 13.1. The number of Topliss-reactive ketones (excluding diaryl/α,β-unsaturated/α-hetero) is 1. The van der Waals surface area contributed by atoms with E-state index in [2.05, 4.69) is 11.4 Å². The monoisotopic (exact) mass is 496 g/mol. The number of hydrogen-bond acceptors (Lipinski definition) is 7. The summed E-state index contributed by atoms with van der Waals surface area (Å²) in [6.07, 6.45) is 1.98. The van der Waals surface area contributed by atoms with Gasteiger partial charge in [-0.25, -0.2) is 0 Å². The van der Waals surface area contributed by atoms with Gasteiger partial charge < -0.3 is 19.5 Å². The van der Waals surface area contributed by atoms with E-state index in [4.69, 9.17) is 25.8 Å². The van der Waals surface area contributed by atoms with Crippen molar-refractivity contribution in [3.05, 3.63) is 74.4 Å². The van der Waals surface area contributed by atoms with Gasteiger partial charge in [0.1, 0.15) is 0 Å². The normalized spacial score (nSPS) is 17.6. The third-order valence-electron chi connectivity index (χ3n) is 6.01. The van der Waals surface area contributed by atoms with Crippen molar-refractivity contribution >= 4 is 29.1 Å². The number of methoxy groups -OCH3 is 3. The zero-order chi connectivity index (χ0) is 24.2. The van der Waals surface area contributed by atoms with Crippen LogP contribution in [0.1, 0.15) is 36.3 Å². The number of benzene rings is 2. The second-order valence-electron chi connectivity index (χ2n) is 7.92. The molecule has 4 rings (SSSR count). The minimum absolute atomic E-state index is 0.0513. The van der Waals surface area contributed by atoms with Gasteiger partial charge in [0.25, 0.3) is 0 Å². The Morgan fingerprint density at radius 1 is 1.12 bits per heavy atom. The molecule has 0 aromatic heterocycles. The van der Waals surface area contributed by atoms with Gasteiger partial charge in [0.15, 0.2) is 17.3 Å². The number of rotatable bonds is 7. The van der Waals surface area contributed by atoms with E-state index in [1.165, 1.54) is 11.8 Å². The van der Waals surface area contributed by atoms with Crippen molar-refractivity contribution in [3.63, 3.8) is 0 Å². The number of carbonyl (C=O) groups excluding carboxylic acids is 1. The van der Waals surface area contributed by atoms with Gasteiger partial charge in [-0.05, 0) is 42.2 Å². The minimum Gasteiger partial charge on any atom is -0.493 e. The number of ether oxygens (including phenoxy) is 3. The van der Waals surface area contributed by atoms with Gasteiger partial charge >= 0.3 is 0 Å². The Balaban J connectivity index is 1.84. The van der Waals surface area contributed by atoms with Crippen molar-refractivity contribution in [3.8, 4) is 23.3 Å².